The summed E-state index contributed by atoms with van der Waals surface area (Å²) in [6.45, 7) is 4.53. The van der Waals surface area contributed by atoms with Gasteiger partial charge in [-0.05, 0) is 45.0 Å². The van der Waals surface area contributed by atoms with E-state index in [2.05, 4.69) is 46.7 Å². The molecule has 2 heterocycles. The summed E-state index contributed by atoms with van der Waals surface area (Å²) in [4.78, 5) is 14.5. The molecule has 0 bridgehead atoms. The van der Waals surface area contributed by atoms with Gasteiger partial charge in [0.25, 0.3) is 0 Å². The Hall–Kier alpha value is -1.55. The first-order chi connectivity index (χ1) is 8.72. The molecule has 0 aromatic heterocycles. The largest absolute Gasteiger partial charge is 0.339 e. The summed E-state index contributed by atoms with van der Waals surface area (Å²) in [6.07, 6.45) is 1.76. The first-order valence-electron chi connectivity index (χ1n) is 6.56. The lowest BCUT2D eigenvalue weighted by molar-refractivity contribution is -0.124. The third-order valence-corrected chi connectivity index (χ3v) is 4.11. The van der Waals surface area contributed by atoms with E-state index >= 15 is 0 Å². The van der Waals surface area contributed by atoms with E-state index in [1.54, 1.807) is 0 Å². The molecule has 0 radical (unpaired) electrons. The third-order valence-electron chi connectivity index (χ3n) is 4.11. The van der Waals surface area contributed by atoms with Gasteiger partial charge in [-0.1, -0.05) is 17.7 Å². The molecule has 0 unspecified atom stereocenters. The maximum atomic E-state index is 12.2. The highest BCUT2D eigenvalue weighted by atomic mass is 16.2. The summed E-state index contributed by atoms with van der Waals surface area (Å²) < 4.78 is 0. The van der Waals surface area contributed by atoms with Gasteiger partial charge in [0.1, 0.15) is 5.54 Å². The number of aryl methyl sites for hydroxylation is 1. The first-order valence-corrected chi connectivity index (χ1v) is 6.56. The van der Waals surface area contributed by atoms with Crippen molar-refractivity contribution >= 4 is 11.6 Å². The summed E-state index contributed by atoms with van der Waals surface area (Å²) in [5.74, 6) is 0.185. The van der Waals surface area contributed by atoms with E-state index in [1.165, 1.54) is 5.56 Å². The number of piperidine rings is 1. The molecule has 0 saturated carbocycles. The average Bonchev–Trinajstić information content (AvgIpc) is 2.70. The van der Waals surface area contributed by atoms with E-state index in [0.29, 0.717) is 6.67 Å². The second kappa shape index (κ2) is 4.28. The third kappa shape index (κ3) is 1.68. The molecule has 2 aliphatic heterocycles. The Morgan fingerprint density at radius 1 is 1.17 bits per heavy atom. The number of rotatable bonds is 1. The topological polar surface area (TPSA) is 44.4 Å². The van der Waals surface area contributed by atoms with Crippen LogP contribution in [-0.2, 0) is 4.79 Å². The van der Waals surface area contributed by atoms with Crippen LogP contribution in [-0.4, -0.2) is 31.2 Å². The second-order valence-corrected chi connectivity index (χ2v) is 5.21. The first kappa shape index (κ1) is 11.5. The van der Waals surface area contributed by atoms with Crippen LogP contribution in [0.25, 0.3) is 0 Å². The molecule has 1 aromatic carbocycles. The van der Waals surface area contributed by atoms with E-state index in [9.17, 15) is 4.79 Å². The van der Waals surface area contributed by atoms with Crippen LogP contribution in [0.4, 0.5) is 5.69 Å². The van der Waals surface area contributed by atoms with Crippen LogP contribution >= 0.6 is 0 Å². The minimum absolute atomic E-state index is 0.185. The predicted molar refractivity (Wildman–Crippen MR) is 71.5 cm³/mol. The molecule has 3 rings (SSSR count). The molecule has 96 valence electrons. The van der Waals surface area contributed by atoms with Gasteiger partial charge in [-0.25, -0.2) is 0 Å². The van der Waals surface area contributed by atoms with E-state index in [-0.39, 0.29) is 11.4 Å². The summed E-state index contributed by atoms with van der Waals surface area (Å²) in [5, 5.41) is 6.33. The molecule has 2 saturated heterocycles. The van der Waals surface area contributed by atoms with Crippen molar-refractivity contribution in [2.75, 3.05) is 24.7 Å². The van der Waals surface area contributed by atoms with Crippen LogP contribution < -0.4 is 15.5 Å². The Kier molecular flexibility index (Phi) is 2.74. The number of benzene rings is 1. The van der Waals surface area contributed by atoms with Crippen molar-refractivity contribution in [3.8, 4) is 0 Å². The minimum Gasteiger partial charge on any atom is -0.339 e. The van der Waals surface area contributed by atoms with Gasteiger partial charge >= 0.3 is 0 Å². The monoisotopic (exact) mass is 245 g/mol. The van der Waals surface area contributed by atoms with Gasteiger partial charge in [0, 0.05) is 5.69 Å². The Morgan fingerprint density at radius 2 is 1.83 bits per heavy atom. The number of hydrogen-bond acceptors (Lipinski definition) is 3. The van der Waals surface area contributed by atoms with Gasteiger partial charge in [0.15, 0.2) is 0 Å². The zero-order chi connectivity index (χ0) is 12.6. The van der Waals surface area contributed by atoms with Gasteiger partial charge in [-0.15, -0.1) is 0 Å². The molecule has 1 amide bonds. The predicted octanol–water partition coefficient (Wildman–Crippen LogP) is 1.01. The molecular weight excluding hydrogens is 226 g/mol. The van der Waals surface area contributed by atoms with Gasteiger partial charge in [-0.2, -0.15) is 0 Å². The highest BCUT2D eigenvalue weighted by Gasteiger charge is 2.48. The highest BCUT2D eigenvalue weighted by Crippen LogP contribution is 2.34. The van der Waals surface area contributed by atoms with Gasteiger partial charge in [-0.3, -0.25) is 4.79 Å². The van der Waals surface area contributed by atoms with Crippen LogP contribution in [0.5, 0.6) is 0 Å². The molecule has 2 N–H and O–H groups in total. The quantitative estimate of drug-likeness (QED) is 0.776. The maximum absolute atomic E-state index is 12.2. The smallest absolute Gasteiger partial charge is 0.247 e. The molecule has 0 aliphatic carbocycles. The number of carbonyl (C=O) groups is 1. The molecule has 0 atom stereocenters. The number of anilines is 1. The van der Waals surface area contributed by atoms with E-state index in [4.69, 9.17) is 0 Å². The van der Waals surface area contributed by atoms with Crippen LogP contribution in [0.15, 0.2) is 24.3 Å². The molecule has 2 aliphatic rings. The Bertz CT molecular complexity index is 449. The molecule has 2 fully saturated rings. The number of nitrogens with zero attached hydrogens (tertiary/aromatic N) is 1. The van der Waals surface area contributed by atoms with E-state index in [1.807, 2.05) is 0 Å². The minimum atomic E-state index is -0.333. The summed E-state index contributed by atoms with van der Waals surface area (Å²) in [5.41, 5.74) is 2.05. The number of carbonyl (C=O) groups excluding carboxylic acids is 1. The fraction of sp³-hybridized carbons (Fsp3) is 0.500. The fourth-order valence-electron chi connectivity index (χ4n) is 2.99. The summed E-state index contributed by atoms with van der Waals surface area (Å²) in [6, 6.07) is 8.43. The van der Waals surface area contributed by atoms with Crippen molar-refractivity contribution < 1.29 is 4.79 Å². The zero-order valence-electron chi connectivity index (χ0n) is 10.7. The number of nitrogens with one attached hydrogen (secondary N) is 2. The molecule has 4 nitrogen and oxygen atoms in total. The van der Waals surface area contributed by atoms with E-state index in [0.717, 1.165) is 31.6 Å². The van der Waals surface area contributed by atoms with Crippen LogP contribution in [0.2, 0.25) is 0 Å². The normalized spacial score (nSPS) is 22.3. The highest BCUT2D eigenvalue weighted by molar-refractivity contribution is 5.93. The van der Waals surface area contributed by atoms with E-state index < -0.39 is 0 Å². The number of hydrogen-bond donors (Lipinski definition) is 2. The number of amides is 1. The zero-order valence-corrected chi connectivity index (χ0v) is 10.7. The van der Waals surface area contributed by atoms with Crippen molar-refractivity contribution in [2.45, 2.75) is 25.3 Å². The fourth-order valence-corrected chi connectivity index (χ4v) is 2.99. The Labute approximate surface area is 107 Å². The molecule has 1 aromatic rings. The molecular formula is C14H19N3O. The average molecular weight is 245 g/mol. The van der Waals surface area contributed by atoms with Crippen LogP contribution in [0.3, 0.4) is 0 Å². The van der Waals surface area contributed by atoms with Crippen molar-refractivity contribution in [3.63, 3.8) is 0 Å². The van der Waals surface area contributed by atoms with Crippen molar-refractivity contribution in [1.29, 1.82) is 0 Å². The molecule has 1 spiro atoms. The molecule has 4 heteroatoms. The van der Waals surface area contributed by atoms with Crippen molar-refractivity contribution in [2.24, 2.45) is 0 Å². The SMILES string of the molecule is Cc1ccc(N2CNC(=O)C23CCNCC3)cc1. The van der Waals surface area contributed by atoms with Gasteiger partial charge < -0.3 is 15.5 Å². The maximum Gasteiger partial charge on any atom is 0.247 e. The lowest BCUT2D eigenvalue weighted by atomic mass is 9.86. The standard InChI is InChI=1S/C14H19N3O/c1-11-2-4-12(5-3-11)17-10-16-13(18)14(17)6-8-15-9-7-14/h2-5,15H,6-10H2,1H3,(H,16,18). The van der Waals surface area contributed by atoms with Gasteiger partial charge in [0.2, 0.25) is 5.91 Å². The van der Waals surface area contributed by atoms with Crippen molar-refractivity contribution in [3.05, 3.63) is 29.8 Å². The lowest BCUT2D eigenvalue weighted by Crippen LogP contribution is -2.55. The Morgan fingerprint density at radius 3 is 2.50 bits per heavy atom. The lowest BCUT2D eigenvalue weighted by Gasteiger charge is -2.40. The Balaban J connectivity index is 1.95. The second-order valence-electron chi connectivity index (χ2n) is 5.21. The summed E-state index contributed by atoms with van der Waals surface area (Å²) >= 11 is 0. The summed E-state index contributed by atoms with van der Waals surface area (Å²) in [7, 11) is 0. The van der Waals surface area contributed by atoms with Crippen LogP contribution in [0, 0.1) is 6.92 Å². The van der Waals surface area contributed by atoms with Gasteiger partial charge in [0.05, 0.1) is 6.67 Å². The van der Waals surface area contributed by atoms with Crippen molar-refractivity contribution in [1.82, 2.24) is 10.6 Å². The molecule has 18 heavy (non-hydrogen) atoms. The van der Waals surface area contributed by atoms with Crippen LogP contribution in [0.1, 0.15) is 18.4 Å².